The highest BCUT2D eigenvalue weighted by atomic mass is 16.1. The van der Waals surface area contributed by atoms with Crippen LogP contribution in [0.2, 0.25) is 0 Å². The molecule has 2 N–H and O–H groups in total. The number of nitrogens with zero attached hydrogens (tertiary/aromatic N) is 1. The molecule has 1 heterocycles. The molecule has 0 bridgehead atoms. The van der Waals surface area contributed by atoms with Crippen molar-refractivity contribution >= 4 is 11.7 Å². The van der Waals surface area contributed by atoms with Crippen LogP contribution in [0.1, 0.15) is 52.7 Å². The van der Waals surface area contributed by atoms with Crippen LogP contribution in [0.25, 0.3) is 0 Å². The molecule has 4 heteroatoms. The van der Waals surface area contributed by atoms with E-state index in [1.165, 1.54) is 0 Å². The fraction of sp³-hybridized carbons (Fsp3) is 0.692. The van der Waals surface area contributed by atoms with E-state index < -0.39 is 0 Å². The first-order valence-corrected chi connectivity index (χ1v) is 6.25. The van der Waals surface area contributed by atoms with Gasteiger partial charge >= 0.3 is 0 Å². The minimum absolute atomic E-state index is 0.0365. The lowest BCUT2D eigenvalue weighted by atomic mass is 9.90. The summed E-state index contributed by atoms with van der Waals surface area (Å²) in [5.41, 5.74) is 1.26. The van der Waals surface area contributed by atoms with Gasteiger partial charge in [-0.3, -0.25) is 9.89 Å². The van der Waals surface area contributed by atoms with Gasteiger partial charge < -0.3 is 5.32 Å². The summed E-state index contributed by atoms with van der Waals surface area (Å²) in [5.74, 6) is 0.668. The van der Waals surface area contributed by atoms with E-state index in [0.29, 0.717) is 12.2 Å². The molecule has 0 saturated carbocycles. The van der Waals surface area contributed by atoms with Crippen molar-refractivity contribution in [1.82, 2.24) is 10.2 Å². The van der Waals surface area contributed by atoms with Crippen LogP contribution in [0, 0.1) is 5.41 Å². The van der Waals surface area contributed by atoms with Crippen molar-refractivity contribution in [3.8, 4) is 0 Å². The van der Waals surface area contributed by atoms with Crippen molar-refractivity contribution in [3.05, 3.63) is 11.8 Å². The molecule has 96 valence electrons. The van der Waals surface area contributed by atoms with E-state index in [9.17, 15) is 4.79 Å². The van der Waals surface area contributed by atoms with Gasteiger partial charge in [0.1, 0.15) is 0 Å². The van der Waals surface area contributed by atoms with Crippen molar-refractivity contribution in [1.29, 1.82) is 0 Å². The number of nitrogens with one attached hydrogen (secondary N) is 2. The zero-order valence-corrected chi connectivity index (χ0v) is 11.3. The Morgan fingerprint density at radius 2 is 2.18 bits per heavy atom. The monoisotopic (exact) mass is 237 g/mol. The first-order chi connectivity index (χ1) is 7.90. The van der Waals surface area contributed by atoms with Crippen LogP contribution in [0.3, 0.4) is 0 Å². The molecule has 0 aromatic carbocycles. The number of hydrogen-bond donors (Lipinski definition) is 2. The molecule has 17 heavy (non-hydrogen) atoms. The Labute approximate surface area is 103 Å². The molecule has 0 unspecified atom stereocenters. The third-order valence-electron chi connectivity index (χ3n) is 2.52. The molecule has 0 aliphatic carbocycles. The summed E-state index contributed by atoms with van der Waals surface area (Å²) >= 11 is 0. The number of aromatic amines is 1. The van der Waals surface area contributed by atoms with Gasteiger partial charge in [-0.25, -0.2) is 0 Å². The highest BCUT2D eigenvalue weighted by molar-refractivity contribution is 5.89. The van der Waals surface area contributed by atoms with Gasteiger partial charge in [-0.15, -0.1) is 0 Å². The van der Waals surface area contributed by atoms with Gasteiger partial charge in [0.15, 0.2) is 5.82 Å². The fourth-order valence-electron chi connectivity index (χ4n) is 1.52. The second-order valence-electron chi connectivity index (χ2n) is 5.64. The van der Waals surface area contributed by atoms with E-state index in [0.717, 1.165) is 25.0 Å². The lowest BCUT2D eigenvalue weighted by Gasteiger charge is -2.16. The Kier molecular flexibility index (Phi) is 4.73. The number of carbonyl (C=O) groups excluding carboxylic acids is 1. The van der Waals surface area contributed by atoms with E-state index in [4.69, 9.17) is 0 Å². The standard InChI is InChI=1S/C13H23N3O/c1-5-6-10-9-11(16-15-10)14-12(17)7-8-13(2,3)4/h9H,5-8H2,1-4H3,(H2,14,15,16,17). The van der Waals surface area contributed by atoms with Crippen LogP contribution in [0.15, 0.2) is 6.07 Å². The van der Waals surface area contributed by atoms with Gasteiger partial charge in [-0.05, 0) is 18.3 Å². The van der Waals surface area contributed by atoms with Crippen molar-refractivity contribution < 1.29 is 4.79 Å². The summed E-state index contributed by atoms with van der Waals surface area (Å²) in [6.07, 6.45) is 3.45. The summed E-state index contributed by atoms with van der Waals surface area (Å²) in [6.45, 7) is 8.51. The number of aromatic nitrogens is 2. The minimum atomic E-state index is 0.0365. The van der Waals surface area contributed by atoms with Crippen molar-refractivity contribution in [2.75, 3.05) is 5.32 Å². The van der Waals surface area contributed by atoms with Gasteiger partial charge in [0, 0.05) is 18.2 Å². The molecular weight excluding hydrogens is 214 g/mol. The fourth-order valence-corrected chi connectivity index (χ4v) is 1.52. The number of aryl methyl sites for hydroxylation is 1. The maximum atomic E-state index is 11.7. The first kappa shape index (κ1) is 13.7. The Morgan fingerprint density at radius 1 is 1.47 bits per heavy atom. The SMILES string of the molecule is CCCc1cc(NC(=O)CCC(C)(C)C)n[nH]1. The normalized spacial score (nSPS) is 11.5. The molecule has 0 spiro atoms. The Morgan fingerprint density at radius 3 is 2.76 bits per heavy atom. The van der Waals surface area contributed by atoms with Crippen LogP contribution in [0.5, 0.6) is 0 Å². The van der Waals surface area contributed by atoms with Gasteiger partial charge in [0.05, 0.1) is 0 Å². The molecule has 0 radical (unpaired) electrons. The predicted molar refractivity (Wildman–Crippen MR) is 69.9 cm³/mol. The molecule has 4 nitrogen and oxygen atoms in total. The summed E-state index contributed by atoms with van der Waals surface area (Å²) in [4.78, 5) is 11.7. The van der Waals surface area contributed by atoms with E-state index >= 15 is 0 Å². The van der Waals surface area contributed by atoms with Crippen LogP contribution >= 0.6 is 0 Å². The number of amides is 1. The first-order valence-electron chi connectivity index (χ1n) is 6.25. The van der Waals surface area contributed by atoms with Gasteiger partial charge in [0.2, 0.25) is 5.91 Å². The van der Waals surface area contributed by atoms with Crippen LogP contribution < -0.4 is 5.32 Å². The molecule has 0 fully saturated rings. The van der Waals surface area contributed by atoms with Crippen LogP contribution in [0.4, 0.5) is 5.82 Å². The van der Waals surface area contributed by atoms with Gasteiger partial charge in [-0.1, -0.05) is 34.1 Å². The zero-order valence-electron chi connectivity index (χ0n) is 11.3. The third kappa shape index (κ3) is 5.52. The van der Waals surface area contributed by atoms with Crippen molar-refractivity contribution in [3.63, 3.8) is 0 Å². The second kappa shape index (κ2) is 5.84. The van der Waals surface area contributed by atoms with E-state index in [1.54, 1.807) is 0 Å². The zero-order chi connectivity index (χ0) is 12.9. The smallest absolute Gasteiger partial charge is 0.225 e. The lowest BCUT2D eigenvalue weighted by Crippen LogP contribution is -2.15. The molecule has 0 saturated heterocycles. The molecule has 1 aromatic heterocycles. The quantitative estimate of drug-likeness (QED) is 0.826. The molecule has 1 rings (SSSR count). The van der Waals surface area contributed by atoms with Gasteiger partial charge in [0.25, 0.3) is 0 Å². The van der Waals surface area contributed by atoms with Crippen molar-refractivity contribution in [2.24, 2.45) is 5.41 Å². The maximum Gasteiger partial charge on any atom is 0.225 e. The Bertz CT molecular complexity index is 363. The highest BCUT2D eigenvalue weighted by Crippen LogP contribution is 2.20. The summed E-state index contributed by atoms with van der Waals surface area (Å²) in [7, 11) is 0. The van der Waals surface area contributed by atoms with Crippen LogP contribution in [-0.4, -0.2) is 16.1 Å². The van der Waals surface area contributed by atoms with Crippen LogP contribution in [-0.2, 0) is 11.2 Å². The van der Waals surface area contributed by atoms with E-state index in [2.05, 4.69) is 43.2 Å². The number of rotatable bonds is 5. The lowest BCUT2D eigenvalue weighted by molar-refractivity contribution is -0.116. The molecule has 1 amide bonds. The van der Waals surface area contributed by atoms with E-state index in [-0.39, 0.29) is 11.3 Å². The molecule has 1 aromatic rings. The number of anilines is 1. The van der Waals surface area contributed by atoms with E-state index in [1.807, 2.05) is 6.07 Å². The third-order valence-corrected chi connectivity index (χ3v) is 2.52. The number of hydrogen-bond acceptors (Lipinski definition) is 2. The molecule has 0 atom stereocenters. The topological polar surface area (TPSA) is 57.8 Å². The number of carbonyl (C=O) groups is 1. The maximum absolute atomic E-state index is 11.7. The van der Waals surface area contributed by atoms with Crippen molar-refractivity contribution in [2.45, 2.75) is 53.4 Å². The predicted octanol–water partition coefficient (Wildman–Crippen LogP) is 3.13. The second-order valence-corrected chi connectivity index (χ2v) is 5.64. The summed E-state index contributed by atoms with van der Waals surface area (Å²) < 4.78 is 0. The summed E-state index contributed by atoms with van der Waals surface area (Å²) in [6, 6.07) is 1.90. The highest BCUT2D eigenvalue weighted by Gasteiger charge is 2.13. The van der Waals surface area contributed by atoms with Gasteiger partial charge in [-0.2, -0.15) is 5.10 Å². The molecule has 0 aliphatic rings. The average Bonchev–Trinajstić information content (AvgIpc) is 2.62. The summed E-state index contributed by atoms with van der Waals surface area (Å²) in [5, 5.41) is 9.79. The molecular formula is C13H23N3O. The number of H-pyrrole nitrogens is 1. The Balaban J connectivity index is 2.39. The minimum Gasteiger partial charge on any atom is -0.309 e. The Hall–Kier alpha value is -1.32. The largest absolute Gasteiger partial charge is 0.309 e. The molecule has 0 aliphatic heterocycles. The average molecular weight is 237 g/mol.